The summed E-state index contributed by atoms with van der Waals surface area (Å²) in [5, 5.41) is 4.93. The van der Waals surface area contributed by atoms with Gasteiger partial charge in [0.25, 0.3) is 0 Å². The number of hydrogen-bond donors (Lipinski definition) is 2. The van der Waals surface area contributed by atoms with Crippen molar-refractivity contribution in [2.24, 2.45) is 7.05 Å². The number of hydrogen-bond acceptors (Lipinski definition) is 4. The highest BCUT2D eigenvalue weighted by Gasteiger charge is 2.14. The molecule has 27 heavy (non-hydrogen) atoms. The molecule has 2 rings (SSSR count). The van der Waals surface area contributed by atoms with Crippen molar-refractivity contribution < 1.29 is 14.3 Å². The number of halogens is 1. The molecule has 1 aromatic carbocycles. The van der Waals surface area contributed by atoms with Gasteiger partial charge in [-0.15, -0.1) is 0 Å². The van der Waals surface area contributed by atoms with Gasteiger partial charge in [0.1, 0.15) is 5.75 Å². The van der Waals surface area contributed by atoms with Gasteiger partial charge < -0.3 is 4.74 Å². The predicted molar refractivity (Wildman–Crippen MR) is 104 cm³/mol. The van der Waals surface area contributed by atoms with Crippen molar-refractivity contribution in [2.45, 2.75) is 40.0 Å². The first-order valence-corrected chi connectivity index (χ1v) is 9.11. The zero-order chi connectivity index (χ0) is 20.0. The van der Waals surface area contributed by atoms with E-state index >= 15 is 0 Å². The van der Waals surface area contributed by atoms with Crippen LogP contribution < -0.4 is 15.6 Å². The van der Waals surface area contributed by atoms with Crippen LogP contribution >= 0.6 is 11.6 Å². The highest BCUT2D eigenvalue weighted by molar-refractivity contribution is 6.30. The second-order valence-corrected chi connectivity index (χ2v) is 6.84. The fraction of sp³-hybridized carbons (Fsp3) is 0.421. The number of ether oxygens (including phenoxy) is 1. The molecule has 0 radical (unpaired) electrons. The zero-order valence-electron chi connectivity index (χ0n) is 16.1. The van der Waals surface area contributed by atoms with Crippen molar-refractivity contribution in [3.05, 3.63) is 45.7 Å². The highest BCUT2D eigenvalue weighted by Crippen LogP contribution is 2.21. The molecular formula is C19H25ClN4O3. The summed E-state index contributed by atoms with van der Waals surface area (Å²) in [7, 11) is 1.83. The minimum Gasteiger partial charge on any atom is -0.493 e. The maximum absolute atomic E-state index is 12.0. The summed E-state index contributed by atoms with van der Waals surface area (Å²) in [4.78, 5) is 23.9. The predicted octanol–water partition coefficient (Wildman–Crippen LogP) is 2.55. The Morgan fingerprint density at radius 1 is 1.19 bits per heavy atom. The lowest BCUT2D eigenvalue weighted by Gasteiger charge is -2.10. The standard InChI is InChI=1S/C19H25ClN4O3/c1-12-10-15(20)7-8-17(12)27-9-5-6-18(25)21-22-19(26)11-16-13(2)23-24(4)14(16)3/h7-8,10H,5-6,9,11H2,1-4H3,(H,21,25)(H,22,26). The first-order chi connectivity index (χ1) is 12.8. The molecule has 2 amide bonds. The monoisotopic (exact) mass is 392 g/mol. The van der Waals surface area contributed by atoms with Crippen LogP contribution in [0.3, 0.4) is 0 Å². The van der Waals surface area contributed by atoms with Crippen LogP contribution in [0.1, 0.15) is 35.4 Å². The molecule has 0 unspecified atom stereocenters. The second kappa shape index (κ2) is 9.41. The van der Waals surface area contributed by atoms with Gasteiger partial charge in [0.15, 0.2) is 0 Å². The van der Waals surface area contributed by atoms with E-state index in [0.29, 0.717) is 18.1 Å². The van der Waals surface area contributed by atoms with Crippen molar-refractivity contribution in [1.82, 2.24) is 20.6 Å². The molecule has 0 atom stereocenters. The average Bonchev–Trinajstić information content (AvgIpc) is 2.84. The molecule has 1 aromatic heterocycles. The molecule has 0 fully saturated rings. The normalized spacial score (nSPS) is 10.6. The van der Waals surface area contributed by atoms with Crippen LogP contribution in [0.25, 0.3) is 0 Å². The van der Waals surface area contributed by atoms with E-state index in [0.717, 1.165) is 28.3 Å². The van der Waals surface area contributed by atoms with Gasteiger partial charge in [0, 0.05) is 29.7 Å². The molecule has 0 spiro atoms. The van der Waals surface area contributed by atoms with Gasteiger partial charge in [0.2, 0.25) is 11.8 Å². The Morgan fingerprint density at radius 2 is 1.89 bits per heavy atom. The Hall–Kier alpha value is -2.54. The lowest BCUT2D eigenvalue weighted by molar-refractivity contribution is -0.128. The van der Waals surface area contributed by atoms with Gasteiger partial charge in [-0.1, -0.05) is 11.6 Å². The summed E-state index contributed by atoms with van der Waals surface area (Å²) >= 11 is 5.90. The molecule has 0 saturated carbocycles. The Labute approximate surface area is 164 Å². The maximum atomic E-state index is 12.0. The van der Waals surface area contributed by atoms with Crippen LogP contribution in [0.2, 0.25) is 5.02 Å². The van der Waals surface area contributed by atoms with E-state index < -0.39 is 0 Å². The summed E-state index contributed by atoms with van der Waals surface area (Å²) < 4.78 is 7.38. The van der Waals surface area contributed by atoms with Gasteiger partial charge in [-0.25, -0.2) is 0 Å². The average molecular weight is 393 g/mol. The number of rotatable bonds is 7. The quantitative estimate of drug-likeness (QED) is 0.560. The van der Waals surface area contributed by atoms with E-state index in [1.54, 1.807) is 16.8 Å². The number of aryl methyl sites for hydroxylation is 3. The van der Waals surface area contributed by atoms with Gasteiger partial charge in [-0.2, -0.15) is 5.10 Å². The first kappa shape index (κ1) is 20.8. The minimum absolute atomic E-state index is 0.171. The molecule has 8 heteroatoms. The second-order valence-electron chi connectivity index (χ2n) is 6.41. The SMILES string of the molecule is Cc1cc(Cl)ccc1OCCCC(=O)NNC(=O)Cc1c(C)nn(C)c1C. The molecule has 0 aliphatic carbocycles. The highest BCUT2D eigenvalue weighted by atomic mass is 35.5. The van der Waals surface area contributed by atoms with Crippen LogP contribution in [0.5, 0.6) is 5.75 Å². The first-order valence-electron chi connectivity index (χ1n) is 8.73. The number of carbonyl (C=O) groups excluding carboxylic acids is 2. The summed E-state index contributed by atoms with van der Waals surface area (Å²) in [5.74, 6) is 0.199. The van der Waals surface area contributed by atoms with Crippen LogP contribution in [0.4, 0.5) is 0 Å². The van der Waals surface area contributed by atoms with E-state index in [2.05, 4.69) is 16.0 Å². The van der Waals surface area contributed by atoms with E-state index in [1.165, 1.54) is 0 Å². The molecule has 0 aliphatic heterocycles. The molecule has 0 bridgehead atoms. The van der Waals surface area contributed by atoms with Crippen molar-refractivity contribution in [1.29, 1.82) is 0 Å². The fourth-order valence-corrected chi connectivity index (χ4v) is 2.90. The van der Waals surface area contributed by atoms with E-state index in [9.17, 15) is 9.59 Å². The third-order valence-electron chi connectivity index (χ3n) is 4.28. The summed E-state index contributed by atoms with van der Waals surface area (Å²) in [6, 6.07) is 5.39. The molecule has 146 valence electrons. The van der Waals surface area contributed by atoms with Crippen molar-refractivity contribution in [2.75, 3.05) is 6.61 Å². The van der Waals surface area contributed by atoms with Crippen LogP contribution in [-0.4, -0.2) is 28.2 Å². The largest absolute Gasteiger partial charge is 0.493 e. The fourth-order valence-electron chi connectivity index (χ4n) is 2.67. The Morgan fingerprint density at radius 3 is 2.52 bits per heavy atom. The number of aromatic nitrogens is 2. The summed E-state index contributed by atoms with van der Waals surface area (Å²) in [6.45, 7) is 6.08. The number of nitrogens with zero attached hydrogens (tertiary/aromatic N) is 2. The van der Waals surface area contributed by atoms with Crippen molar-refractivity contribution >= 4 is 23.4 Å². The molecule has 2 N–H and O–H groups in total. The number of nitrogens with one attached hydrogen (secondary N) is 2. The third-order valence-corrected chi connectivity index (χ3v) is 4.52. The van der Waals surface area contributed by atoms with Crippen molar-refractivity contribution in [3.8, 4) is 5.75 Å². The minimum atomic E-state index is -0.282. The maximum Gasteiger partial charge on any atom is 0.242 e. The molecule has 0 saturated heterocycles. The van der Waals surface area contributed by atoms with Gasteiger partial charge in [-0.3, -0.25) is 25.1 Å². The van der Waals surface area contributed by atoms with Crippen LogP contribution in [0.15, 0.2) is 18.2 Å². The molecule has 1 heterocycles. The number of amides is 2. The molecule has 2 aromatic rings. The van der Waals surface area contributed by atoms with E-state index in [-0.39, 0.29) is 24.7 Å². The number of benzene rings is 1. The van der Waals surface area contributed by atoms with E-state index in [1.807, 2.05) is 33.9 Å². The summed E-state index contributed by atoms with van der Waals surface area (Å²) in [5.41, 5.74) is 8.43. The molecular weight excluding hydrogens is 368 g/mol. The lowest BCUT2D eigenvalue weighted by atomic mass is 10.1. The molecule has 0 aliphatic rings. The van der Waals surface area contributed by atoms with E-state index in [4.69, 9.17) is 16.3 Å². The Kier molecular flexibility index (Phi) is 7.24. The van der Waals surface area contributed by atoms with Gasteiger partial charge >= 0.3 is 0 Å². The van der Waals surface area contributed by atoms with Crippen LogP contribution in [0, 0.1) is 20.8 Å². The lowest BCUT2D eigenvalue weighted by Crippen LogP contribution is -2.42. The molecule has 7 nitrogen and oxygen atoms in total. The Bertz CT molecular complexity index is 833. The number of carbonyl (C=O) groups is 2. The summed E-state index contributed by atoms with van der Waals surface area (Å²) in [6.07, 6.45) is 0.952. The smallest absolute Gasteiger partial charge is 0.242 e. The van der Waals surface area contributed by atoms with Gasteiger partial charge in [-0.05, 0) is 51.0 Å². The topological polar surface area (TPSA) is 85.2 Å². The van der Waals surface area contributed by atoms with Gasteiger partial charge in [0.05, 0.1) is 18.7 Å². The third kappa shape index (κ3) is 5.99. The Balaban J connectivity index is 1.67. The van der Waals surface area contributed by atoms with Crippen LogP contribution in [-0.2, 0) is 23.1 Å². The number of hydrazine groups is 1. The zero-order valence-corrected chi connectivity index (χ0v) is 16.8. The van der Waals surface area contributed by atoms with Crippen molar-refractivity contribution in [3.63, 3.8) is 0 Å².